The Hall–Kier alpha value is -6.99. The van der Waals surface area contributed by atoms with Crippen LogP contribution in [0.3, 0.4) is 0 Å². The summed E-state index contributed by atoms with van der Waals surface area (Å²) >= 11 is 1.59. The van der Waals surface area contributed by atoms with Crippen molar-refractivity contribution in [2.45, 2.75) is 90.9 Å². The fraction of sp³-hybridized carbons (Fsp3) is 0.413. The number of likely N-dealkylation sites (tertiary alicyclic amines) is 1. The number of aliphatic hydroxyl groups excluding tert-OH is 1. The number of nitrogens with zero attached hydrogens (tertiary/aromatic N) is 7. The van der Waals surface area contributed by atoms with Gasteiger partial charge in [0.15, 0.2) is 0 Å². The lowest BCUT2D eigenvalue weighted by Gasteiger charge is -2.36. The molecule has 10 rings (SSSR count). The topological polar surface area (TPSA) is 167 Å². The van der Waals surface area contributed by atoms with Crippen LogP contribution in [0.15, 0.2) is 121 Å². The van der Waals surface area contributed by atoms with Gasteiger partial charge in [0.2, 0.25) is 17.8 Å². The maximum absolute atomic E-state index is 14.4. The molecular formula is C63H75N9O7S. The van der Waals surface area contributed by atoms with Crippen molar-refractivity contribution in [1.82, 2.24) is 39.9 Å². The van der Waals surface area contributed by atoms with E-state index in [9.17, 15) is 14.7 Å². The highest BCUT2D eigenvalue weighted by molar-refractivity contribution is 7.13. The summed E-state index contributed by atoms with van der Waals surface area (Å²) < 4.78 is 24.9. The normalized spacial score (nSPS) is 18.7. The second kappa shape index (κ2) is 27.0. The van der Waals surface area contributed by atoms with Gasteiger partial charge in [-0.3, -0.25) is 14.5 Å². The molecule has 6 aromatic rings. The summed E-state index contributed by atoms with van der Waals surface area (Å²) in [6, 6.07) is 29.0. The third-order valence-electron chi connectivity index (χ3n) is 15.5. The van der Waals surface area contributed by atoms with Gasteiger partial charge in [0, 0.05) is 98.6 Å². The van der Waals surface area contributed by atoms with Gasteiger partial charge in [-0.1, -0.05) is 87.2 Å². The van der Waals surface area contributed by atoms with Crippen LogP contribution in [0.2, 0.25) is 0 Å². The lowest BCUT2D eigenvalue weighted by molar-refractivity contribution is -0.143. The fourth-order valence-electron chi connectivity index (χ4n) is 11.1. The Bertz CT molecular complexity index is 3120. The highest BCUT2D eigenvalue weighted by atomic mass is 32.1. The summed E-state index contributed by atoms with van der Waals surface area (Å²) in [5, 5.41) is 17.4. The minimum Gasteiger partial charge on any atom is -0.493 e. The molecule has 0 unspecified atom stereocenters. The van der Waals surface area contributed by atoms with Crippen LogP contribution in [0.25, 0.3) is 27.4 Å². The molecule has 2 aromatic heterocycles. The van der Waals surface area contributed by atoms with E-state index >= 15 is 0 Å². The maximum atomic E-state index is 14.4. The number of hydrogen-bond donors (Lipinski definition) is 3. The van der Waals surface area contributed by atoms with Crippen molar-refractivity contribution in [3.05, 3.63) is 155 Å². The van der Waals surface area contributed by atoms with Crippen molar-refractivity contribution >= 4 is 40.5 Å². The molecule has 17 heteroatoms. The largest absolute Gasteiger partial charge is 0.493 e. The van der Waals surface area contributed by atoms with Crippen molar-refractivity contribution in [2.24, 2.45) is 5.92 Å². The highest BCUT2D eigenvalue weighted by Gasteiger charge is 2.44. The van der Waals surface area contributed by atoms with Crippen LogP contribution in [-0.2, 0) is 45.4 Å². The van der Waals surface area contributed by atoms with Crippen LogP contribution in [0.5, 0.6) is 11.5 Å². The number of ether oxygens (including phenoxy) is 4. The smallest absolute Gasteiger partial charge is 0.246 e. The van der Waals surface area contributed by atoms with Gasteiger partial charge in [-0.05, 0) is 91.7 Å². The van der Waals surface area contributed by atoms with Crippen LogP contribution in [0.4, 0.5) is 11.6 Å². The van der Waals surface area contributed by atoms with Gasteiger partial charge in [0.1, 0.15) is 30.2 Å². The SMILES string of the molecule is C=C1c2ccccc2CN1[C@H](C(=O)N1C[C@H](O)C[C@H]1C(=O)NCc1ccc(-c2scnc2C)cc1OCCCCCN1CCN(CCOc2ccc3cc2COC/C=C/COCc2cccc(c2)-c2ccnc(n2)N3)CC1)C(C)C. The lowest BCUT2D eigenvalue weighted by Crippen LogP contribution is -2.54. The van der Waals surface area contributed by atoms with Crippen LogP contribution < -0.4 is 20.1 Å². The molecule has 16 nitrogen and oxygen atoms in total. The van der Waals surface area contributed by atoms with Gasteiger partial charge < -0.3 is 49.4 Å². The third-order valence-corrected chi connectivity index (χ3v) is 16.4. The molecule has 420 valence electrons. The number of β-amino-alcohol motifs (C(OH)–C–C–N with tert-alkyl or cyclic N) is 1. The standard InChI is InChI=1S/C63H75N9O7S/c1-43(2)59(71-38-50-14-6-7-16-54(50)45(71)4)62(75)72-39-53(73)36-56(72)61(74)65-37-49-18-17-48(60-44(3)66-42-80-60)35-58(49)78-31-9-5-8-23-69-24-26-70(27-25-69)28-32-79-57-20-19-52-34-51(57)41-77-30-11-10-29-76-40-46-13-12-15-47(33-46)55-21-22-64-63(67-52)68-55/h6-7,10-22,33-35,42-43,53,56,59,73H,4-5,8-9,23-32,36-41H2,1-3H3,(H,65,74)(H,64,67,68)/b11-10+/t53-,56+,59+/m1/s1. The van der Waals surface area contributed by atoms with Gasteiger partial charge in [-0.15, -0.1) is 11.3 Å². The summed E-state index contributed by atoms with van der Waals surface area (Å²) in [5.74, 6) is 1.50. The molecule has 80 heavy (non-hydrogen) atoms. The first kappa shape index (κ1) is 56.3. The molecule has 2 amide bonds. The number of fused-ring (bicyclic) bond motifs is 8. The van der Waals surface area contributed by atoms with Crippen LogP contribution in [0.1, 0.15) is 73.0 Å². The Labute approximate surface area is 474 Å². The number of aliphatic hydroxyl groups is 1. The number of aryl methyl sites for hydroxylation is 1. The maximum Gasteiger partial charge on any atom is 0.246 e. The number of benzene rings is 4. The Kier molecular flexibility index (Phi) is 19.0. The molecule has 2 fully saturated rings. The molecule has 6 bridgehead atoms. The Morgan fingerprint density at radius 1 is 0.838 bits per heavy atom. The first-order chi connectivity index (χ1) is 39.0. The van der Waals surface area contributed by atoms with Crippen molar-refractivity contribution in [3.8, 4) is 33.2 Å². The number of nitrogens with one attached hydrogen (secondary N) is 2. The van der Waals surface area contributed by atoms with Gasteiger partial charge in [-0.2, -0.15) is 0 Å². The summed E-state index contributed by atoms with van der Waals surface area (Å²) in [6.07, 6.45) is 8.11. The number of thiazole rings is 1. The second-order valence-electron chi connectivity index (χ2n) is 21.5. The van der Waals surface area contributed by atoms with Crippen molar-refractivity contribution in [3.63, 3.8) is 0 Å². The summed E-state index contributed by atoms with van der Waals surface area (Å²) in [5.41, 5.74) is 12.3. The minimum atomic E-state index is -0.803. The zero-order valence-electron chi connectivity index (χ0n) is 46.4. The molecule has 4 aliphatic rings. The molecule has 3 atom stereocenters. The Balaban J connectivity index is 0.677. The van der Waals surface area contributed by atoms with E-state index in [2.05, 4.69) is 60.1 Å². The number of aromatic nitrogens is 3. The van der Waals surface area contributed by atoms with Crippen molar-refractivity contribution < 1.29 is 33.6 Å². The molecule has 3 N–H and O–H groups in total. The molecule has 0 spiro atoms. The number of rotatable bonds is 18. The van der Waals surface area contributed by atoms with Crippen LogP contribution in [-0.4, -0.2) is 142 Å². The lowest BCUT2D eigenvalue weighted by atomic mass is 10.00. The van der Waals surface area contributed by atoms with E-state index in [0.29, 0.717) is 57.9 Å². The average molecular weight is 1100 g/mol. The predicted molar refractivity (Wildman–Crippen MR) is 313 cm³/mol. The monoisotopic (exact) mass is 1100 g/mol. The number of amides is 2. The van der Waals surface area contributed by atoms with E-state index < -0.39 is 18.2 Å². The Morgan fingerprint density at radius 3 is 2.44 bits per heavy atom. The van der Waals surface area contributed by atoms with Crippen molar-refractivity contribution in [1.29, 1.82) is 0 Å². The van der Waals surface area contributed by atoms with Gasteiger partial charge in [0.05, 0.1) is 60.9 Å². The minimum absolute atomic E-state index is 0.0559. The Morgan fingerprint density at radius 2 is 1.64 bits per heavy atom. The highest BCUT2D eigenvalue weighted by Crippen LogP contribution is 2.37. The van der Waals surface area contributed by atoms with E-state index in [1.807, 2.05) is 111 Å². The van der Waals surface area contributed by atoms with E-state index in [0.717, 1.165) is 131 Å². The zero-order valence-corrected chi connectivity index (χ0v) is 47.2. The fourth-order valence-corrected chi connectivity index (χ4v) is 11.9. The zero-order chi connectivity index (χ0) is 55.4. The van der Waals surface area contributed by atoms with E-state index in [-0.39, 0.29) is 37.2 Å². The molecule has 0 aliphatic carbocycles. The first-order valence-electron chi connectivity index (χ1n) is 28.2. The molecule has 4 aromatic carbocycles. The van der Waals surface area contributed by atoms with Gasteiger partial charge in [0.25, 0.3) is 0 Å². The van der Waals surface area contributed by atoms with Crippen molar-refractivity contribution in [2.75, 3.05) is 77.6 Å². The van der Waals surface area contributed by atoms with E-state index in [1.54, 1.807) is 22.4 Å². The number of carbonyl (C=O) groups is 2. The quantitative estimate of drug-likeness (QED) is 0.0551. The second-order valence-corrected chi connectivity index (χ2v) is 22.3. The molecule has 2 saturated heterocycles. The molecule has 0 radical (unpaired) electrons. The van der Waals surface area contributed by atoms with Crippen LogP contribution in [0, 0.1) is 12.8 Å². The number of piperazine rings is 1. The predicted octanol–water partition coefficient (Wildman–Crippen LogP) is 9.26. The summed E-state index contributed by atoms with van der Waals surface area (Å²) in [4.78, 5) is 52.0. The number of carbonyl (C=O) groups excluding carboxylic acids is 2. The van der Waals surface area contributed by atoms with Gasteiger partial charge in [-0.25, -0.2) is 15.0 Å². The molecule has 4 aliphatic heterocycles. The van der Waals surface area contributed by atoms with Crippen LogP contribution >= 0.6 is 11.3 Å². The number of anilines is 2. The number of unbranched alkanes of at least 4 members (excludes halogenated alkanes) is 2. The third kappa shape index (κ3) is 14.1. The average Bonchev–Trinajstić information content (AvgIpc) is 4.19. The molecular weight excluding hydrogens is 1030 g/mol. The molecule has 6 heterocycles. The van der Waals surface area contributed by atoms with E-state index in [1.165, 1.54) is 0 Å². The summed E-state index contributed by atoms with van der Waals surface area (Å²) in [6.45, 7) is 20.1. The van der Waals surface area contributed by atoms with Gasteiger partial charge >= 0.3 is 0 Å². The number of hydrogen-bond acceptors (Lipinski definition) is 15. The first-order valence-corrected chi connectivity index (χ1v) is 29.1. The molecule has 0 saturated carbocycles. The summed E-state index contributed by atoms with van der Waals surface area (Å²) in [7, 11) is 0. The van der Waals surface area contributed by atoms with E-state index in [4.69, 9.17) is 23.9 Å².